The fraction of sp³-hybridized carbons (Fsp3) is 0.542. The van der Waals surface area contributed by atoms with E-state index < -0.39 is 0 Å². The molecule has 2 aromatic heterocycles. The summed E-state index contributed by atoms with van der Waals surface area (Å²) in [4.78, 5) is 21.2. The molecule has 1 unspecified atom stereocenters. The van der Waals surface area contributed by atoms with Crippen molar-refractivity contribution in [2.45, 2.75) is 58.6 Å². The predicted molar refractivity (Wildman–Crippen MR) is 110 cm³/mol. The molecule has 4 aliphatic rings. The average Bonchev–Trinajstić information content (AvgIpc) is 3.35. The third-order valence-corrected chi connectivity index (χ3v) is 6.90. The van der Waals surface area contributed by atoms with Crippen LogP contribution in [0.4, 0.5) is 0 Å². The number of rotatable bonds is 5. The average molecular weight is 389 g/mol. The third-order valence-electron chi connectivity index (χ3n) is 6.90. The van der Waals surface area contributed by atoms with Crippen molar-refractivity contribution in [3.8, 4) is 17.6 Å². The molecule has 0 N–H and O–H groups in total. The molecule has 29 heavy (non-hydrogen) atoms. The second kappa shape index (κ2) is 7.02. The molecule has 0 saturated heterocycles. The zero-order valence-corrected chi connectivity index (χ0v) is 17.1. The van der Waals surface area contributed by atoms with Gasteiger partial charge in [0.15, 0.2) is 5.82 Å². The molecular formula is C24H27N3O2. The van der Waals surface area contributed by atoms with E-state index in [4.69, 9.17) is 4.74 Å². The third kappa shape index (κ3) is 3.57. The lowest BCUT2D eigenvalue weighted by Gasteiger charge is -2.35. The summed E-state index contributed by atoms with van der Waals surface area (Å²) in [6, 6.07) is 5.49. The molecule has 2 bridgehead atoms. The summed E-state index contributed by atoms with van der Waals surface area (Å²) >= 11 is 0. The number of hydrogen-bond donors (Lipinski definition) is 0. The van der Waals surface area contributed by atoms with Crippen LogP contribution in [0.2, 0.25) is 0 Å². The quantitative estimate of drug-likeness (QED) is 0.728. The standard InChI is InChI=1S/C24H27N3O2/c1-16-10-20(29-15-22-25-8-3-9-26-22)11-23(28)27(16)17(2)21-14-24(12-19(21)13-24)7-6-18-4-5-18/h3,8-11,17-19,21H,4-5,12-15H2,1-2H3/t17?,19?,21-,24?/m0/s1. The molecule has 6 rings (SSSR count). The van der Waals surface area contributed by atoms with Gasteiger partial charge in [0.25, 0.3) is 5.56 Å². The van der Waals surface area contributed by atoms with E-state index in [-0.39, 0.29) is 23.6 Å². The highest BCUT2D eigenvalue weighted by Gasteiger charge is 2.56. The van der Waals surface area contributed by atoms with Gasteiger partial charge in [-0.1, -0.05) is 11.8 Å². The van der Waals surface area contributed by atoms with Crippen molar-refractivity contribution >= 4 is 0 Å². The normalized spacial score (nSPS) is 28.2. The van der Waals surface area contributed by atoms with Crippen molar-refractivity contribution in [1.82, 2.24) is 14.5 Å². The lowest BCUT2D eigenvalue weighted by Crippen LogP contribution is -2.31. The van der Waals surface area contributed by atoms with Gasteiger partial charge in [0.2, 0.25) is 0 Å². The second-order valence-corrected chi connectivity index (χ2v) is 9.10. The number of ether oxygens (including phenoxy) is 1. The molecule has 2 atom stereocenters. The smallest absolute Gasteiger partial charge is 0.254 e. The van der Waals surface area contributed by atoms with E-state index in [1.165, 1.54) is 25.7 Å². The van der Waals surface area contributed by atoms with Crippen LogP contribution in [-0.2, 0) is 6.61 Å². The summed E-state index contributed by atoms with van der Waals surface area (Å²) < 4.78 is 7.71. The van der Waals surface area contributed by atoms with Gasteiger partial charge >= 0.3 is 0 Å². The van der Waals surface area contributed by atoms with Crippen molar-refractivity contribution in [1.29, 1.82) is 0 Å². The highest BCUT2D eigenvalue weighted by Crippen LogP contribution is 2.64. The van der Waals surface area contributed by atoms with E-state index >= 15 is 0 Å². The van der Waals surface area contributed by atoms with Crippen LogP contribution in [0.1, 0.15) is 56.6 Å². The zero-order valence-electron chi connectivity index (χ0n) is 17.1. The van der Waals surface area contributed by atoms with Crippen molar-refractivity contribution in [2.24, 2.45) is 23.2 Å². The Morgan fingerprint density at radius 1 is 1.24 bits per heavy atom. The van der Waals surface area contributed by atoms with Gasteiger partial charge in [0.1, 0.15) is 12.4 Å². The Bertz CT molecular complexity index is 1020. The Balaban J connectivity index is 1.30. The summed E-state index contributed by atoms with van der Waals surface area (Å²) in [7, 11) is 0. The predicted octanol–water partition coefficient (Wildman–Crippen LogP) is 3.92. The van der Waals surface area contributed by atoms with Gasteiger partial charge in [-0.05, 0) is 69.9 Å². The molecular weight excluding hydrogens is 362 g/mol. The summed E-state index contributed by atoms with van der Waals surface area (Å²) in [5, 5.41) is 0. The number of aryl methyl sites for hydroxylation is 1. The van der Waals surface area contributed by atoms with Gasteiger partial charge in [0.05, 0.1) is 0 Å². The number of nitrogens with zero attached hydrogens (tertiary/aromatic N) is 3. The highest BCUT2D eigenvalue weighted by atomic mass is 16.5. The van der Waals surface area contributed by atoms with Crippen molar-refractivity contribution < 1.29 is 4.74 Å². The number of hydrogen-bond acceptors (Lipinski definition) is 4. The van der Waals surface area contributed by atoms with Crippen LogP contribution < -0.4 is 10.3 Å². The minimum atomic E-state index is 0.00342. The van der Waals surface area contributed by atoms with Crippen molar-refractivity contribution in [3.05, 3.63) is 52.5 Å². The monoisotopic (exact) mass is 389 g/mol. The molecule has 0 radical (unpaired) electrons. The first kappa shape index (κ1) is 18.4. The molecule has 4 saturated carbocycles. The lowest BCUT2D eigenvalue weighted by molar-refractivity contribution is 0.192. The van der Waals surface area contributed by atoms with Gasteiger partial charge in [-0.25, -0.2) is 9.97 Å². The van der Waals surface area contributed by atoms with Gasteiger partial charge < -0.3 is 9.30 Å². The first-order chi connectivity index (χ1) is 14.0. The first-order valence-corrected chi connectivity index (χ1v) is 10.7. The molecule has 4 aliphatic carbocycles. The lowest BCUT2D eigenvalue weighted by atomic mass is 9.69. The largest absolute Gasteiger partial charge is 0.485 e. The van der Waals surface area contributed by atoms with E-state index in [9.17, 15) is 4.79 Å². The Morgan fingerprint density at radius 3 is 2.69 bits per heavy atom. The van der Waals surface area contributed by atoms with E-state index in [1.807, 2.05) is 17.6 Å². The van der Waals surface area contributed by atoms with Crippen LogP contribution in [-0.4, -0.2) is 14.5 Å². The molecule has 2 aromatic rings. The van der Waals surface area contributed by atoms with E-state index in [2.05, 4.69) is 28.7 Å². The van der Waals surface area contributed by atoms with Crippen LogP contribution in [0.25, 0.3) is 0 Å². The fourth-order valence-corrected chi connectivity index (χ4v) is 5.26. The summed E-state index contributed by atoms with van der Waals surface area (Å²) in [6.45, 7) is 4.44. The van der Waals surface area contributed by atoms with E-state index in [1.54, 1.807) is 24.5 Å². The Morgan fingerprint density at radius 2 is 2.00 bits per heavy atom. The number of aromatic nitrogens is 3. The highest BCUT2D eigenvalue weighted by molar-refractivity contribution is 5.27. The SMILES string of the molecule is Cc1cc(OCc2ncccn2)cc(=O)n1C(C)[C@@H]1CC2(C#CC3CC3)CC1C2. The maximum atomic E-state index is 12.9. The molecule has 0 amide bonds. The van der Waals surface area contributed by atoms with Gasteiger partial charge in [0, 0.05) is 41.5 Å². The molecule has 0 aromatic carbocycles. The molecule has 150 valence electrons. The molecule has 0 spiro atoms. The molecule has 2 heterocycles. The maximum Gasteiger partial charge on any atom is 0.254 e. The van der Waals surface area contributed by atoms with Crippen LogP contribution in [0.15, 0.2) is 35.4 Å². The van der Waals surface area contributed by atoms with Crippen LogP contribution in [0.3, 0.4) is 0 Å². The molecule has 5 nitrogen and oxygen atoms in total. The zero-order chi connectivity index (χ0) is 20.0. The molecule has 0 aliphatic heterocycles. The minimum absolute atomic E-state index is 0.00342. The number of pyridine rings is 1. The Hall–Kier alpha value is -2.61. The van der Waals surface area contributed by atoms with Crippen molar-refractivity contribution in [2.75, 3.05) is 0 Å². The fourth-order valence-electron chi connectivity index (χ4n) is 5.26. The molecule has 4 fully saturated rings. The maximum absolute atomic E-state index is 12.9. The van der Waals surface area contributed by atoms with Crippen LogP contribution in [0.5, 0.6) is 5.75 Å². The molecule has 5 heteroatoms. The summed E-state index contributed by atoms with van der Waals surface area (Å²) in [6.07, 6.45) is 9.50. The Kier molecular flexibility index (Phi) is 4.46. The van der Waals surface area contributed by atoms with Crippen molar-refractivity contribution in [3.63, 3.8) is 0 Å². The van der Waals surface area contributed by atoms with Crippen LogP contribution in [0, 0.1) is 41.9 Å². The first-order valence-electron chi connectivity index (χ1n) is 10.7. The van der Waals surface area contributed by atoms with Gasteiger partial charge in [-0.2, -0.15) is 0 Å². The van der Waals surface area contributed by atoms with Gasteiger partial charge in [-0.15, -0.1) is 0 Å². The number of fused-ring (bicyclic) bond motifs is 1. The van der Waals surface area contributed by atoms with E-state index in [0.29, 0.717) is 29.3 Å². The van der Waals surface area contributed by atoms with E-state index in [0.717, 1.165) is 12.1 Å². The summed E-state index contributed by atoms with van der Waals surface area (Å²) in [5.41, 5.74) is 1.18. The minimum Gasteiger partial charge on any atom is -0.485 e. The summed E-state index contributed by atoms with van der Waals surface area (Å²) in [5.74, 6) is 10.2. The second-order valence-electron chi connectivity index (χ2n) is 9.10. The van der Waals surface area contributed by atoms with Crippen LogP contribution >= 0.6 is 0 Å². The van der Waals surface area contributed by atoms with Gasteiger partial charge in [-0.3, -0.25) is 4.79 Å². The Labute approximate surface area is 171 Å². The topological polar surface area (TPSA) is 57.0 Å².